The zero-order chi connectivity index (χ0) is 20.4. The van der Waals surface area contributed by atoms with Crippen molar-refractivity contribution in [2.75, 3.05) is 19.5 Å². The van der Waals surface area contributed by atoms with Crippen molar-refractivity contribution >= 4 is 22.4 Å². The summed E-state index contributed by atoms with van der Waals surface area (Å²) in [5.74, 6) is 2.07. The molecule has 0 saturated heterocycles. The van der Waals surface area contributed by atoms with Crippen molar-refractivity contribution in [1.82, 2.24) is 15.0 Å². The van der Waals surface area contributed by atoms with Gasteiger partial charge in [0.2, 0.25) is 0 Å². The Morgan fingerprint density at radius 1 is 0.897 bits per heavy atom. The molecule has 146 valence electrons. The first-order valence-electron chi connectivity index (χ1n) is 8.96. The number of methoxy groups -OCH3 is 2. The molecule has 6 nitrogen and oxygen atoms in total. The molecule has 0 aliphatic carbocycles. The van der Waals surface area contributed by atoms with E-state index in [1.54, 1.807) is 38.7 Å². The zero-order valence-corrected chi connectivity index (χ0v) is 16.2. The van der Waals surface area contributed by atoms with Crippen LogP contribution < -0.4 is 14.8 Å². The van der Waals surface area contributed by atoms with Gasteiger partial charge in [0.15, 0.2) is 17.3 Å². The van der Waals surface area contributed by atoms with Crippen LogP contribution in [-0.4, -0.2) is 29.2 Å². The summed E-state index contributed by atoms with van der Waals surface area (Å²) in [6.45, 7) is 1.83. The quantitative estimate of drug-likeness (QED) is 0.523. The largest absolute Gasteiger partial charge is 0.493 e. The summed E-state index contributed by atoms with van der Waals surface area (Å²) in [5, 5.41) is 4.18. The van der Waals surface area contributed by atoms with Gasteiger partial charge in [-0.05, 0) is 48.9 Å². The topological polar surface area (TPSA) is 69.2 Å². The van der Waals surface area contributed by atoms with E-state index in [0.717, 1.165) is 27.7 Å². The number of rotatable bonds is 5. The lowest BCUT2D eigenvalue weighted by molar-refractivity contribution is 0.356. The molecule has 0 aliphatic rings. The first-order chi connectivity index (χ1) is 14.1. The minimum atomic E-state index is -0.284. The number of hydrogen-bond acceptors (Lipinski definition) is 6. The predicted octanol–water partition coefficient (Wildman–Crippen LogP) is 4.90. The molecule has 0 unspecified atom stereocenters. The van der Waals surface area contributed by atoms with Crippen LogP contribution in [0.25, 0.3) is 22.3 Å². The van der Waals surface area contributed by atoms with Crippen molar-refractivity contribution in [2.24, 2.45) is 0 Å². The second kappa shape index (κ2) is 7.71. The van der Waals surface area contributed by atoms with Gasteiger partial charge in [0.1, 0.15) is 11.6 Å². The molecular weight excluding hydrogens is 371 g/mol. The Labute approximate surface area is 167 Å². The Balaban J connectivity index is 1.74. The van der Waals surface area contributed by atoms with E-state index in [4.69, 9.17) is 9.47 Å². The van der Waals surface area contributed by atoms with Gasteiger partial charge in [-0.25, -0.2) is 14.4 Å². The molecule has 2 aromatic carbocycles. The molecule has 29 heavy (non-hydrogen) atoms. The molecule has 4 rings (SSSR count). The van der Waals surface area contributed by atoms with Crippen LogP contribution in [0.5, 0.6) is 11.5 Å². The fourth-order valence-electron chi connectivity index (χ4n) is 3.16. The molecule has 4 aromatic rings. The van der Waals surface area contributed by atoms with Crippen LogP contribution in [0.4, 0.5) is 15.9 Å². The third-order valence-electron chi connectivity index (χ3n) is 4.59. The molecule has 7 heteroatoms. The van der Waals surface area contributed by atoms with Crippen LogP contribution in [-0.2, 0) is 0 Å². The van der Waals surface area contributed by atoms with Gasteiger partial charge in [-0.1, -0.05) is 0 Å². The first-order valence-corrected chi connectivity index (χ1v) is 8.96. The van der Waals surface area contributed by atoms with Crippen molar-refractivity contribution in [2.45, 2.75) is 6.92 Å². The minimum absolute atomic E-state index is 0.284. The molecule has 2 aromatic heterocycles. The van der Waals surface area contributed by atoms with Gasteiger partial charge in [0.25, 0.3) is 0 Å². The molecule has 0 radical (unpaired) electrons. The lowest BCUT2D eigenvalue weighted by atomic mass is 10.1. The monoisotopic (exact) mass is 390 g/mol. The number of fused-ring (bicyclic) bond motifs is 1. The second-order valence-electron chi connectivity index (χ2n) is 6.43. The van der Waals surface area contributed by atoms with E-state index in [1.807, 2.05) is 25.1 Å². The summed E-state index contributed by atoms with van der Waals surface area (Å²) in [4.78, 5) is 13.3. The number of aryl methyl sites for hydroxylation is 1. The van der Waals surface area contributed by atoms with Crippen LogP contribution in [0.1, 0.15) is 5.56 Å². The standard InChI is InChI=1S/C22H19FN4O2/c1-13-10-14(23)4-5-15(13)22-25-9-7-21(27-22)26-17-6-8-24-18-12-20(29-3)19(28-2)11-16(17)18/h4-12H,1-3H3,(H,24,25,26,27). The van der Waals surface area contributed by atoms with Crippen molar-refractivity contribution in [1.29, 1.82) is 0 Å². The number of aromatic nitrogens is 3. The average molecular weight is 390 g/mol. The smallest absolute Gasteiger partial charge is 0.162 e. The highest BCUT2D eigenvalue weighted by Gasteiger charge is 2.12. The summed E-state index contributed by atoms with van der Waals surface area (Å²) < 4.78 is 24.2. The number of pyridine rings is 1. The van der Waals surface area contributed by atoms with Crippen LogP contribution in [0.2, 0.25) is 0 Å². The Morgan fingerprint density at radius 3 is 2.41 bits per heavy atom. The maximum absolute atomic E-state index is 13.4. The van der Waals surface area contributed by atoms with Crippen LogP contribution in [0.3, 0.4) is 0 Å². The molecule has 0 spiro atoms. The van der Waals surface area contributed by atoms with Crippen LogP contribution in [0, 0.1) is 12.7 Å². The van der Waals surface area contributed by atoms with E-state index in [1.165, 1.54) is 12.1 Å². The van der Waals surface area contributed by atoms with E-state index < -0.39 is 0 Å². The van der Waals surface area contributed by atoms with E-state index >= 15 is 0 Å². The highest BCUT2D eigenvalue weighted by atomic mass is 19.1. The molecular formula is C22H19FN4O2. The van der Waals surface area contributed by atoms with Crippen molar-refractivity contribution in [3.8, 4) is 22.9 Å². The molecule has 0 bridgehead atoms. The number of benzene rings is 2. The Bertz CT molecular complexity index is 1200. The Hall–Kier alpha value is -3.74. The van der Waals surface area contributed by atoms with Gasteiger partial charge in [0, 0.05) is 29.4 Å². The van der Waals surface area contributed by atoms with Crippen molar-refractivity contribution < 1.29 is 13.9 Å². The summed E-state index contributed by atoms with van der Waals surface area (Å²) >= 11 is 0. The maximum atomic E-state index is 13.4. The number of hydrogen-bond donors (Lipinski definition) is 1. The van der Waals surface area contributed by atoms with Gasteiger partial charge >= 0.3 is 0 Å². The molecule has 2 heterocycles. The zero-order valence-electron chi connectivity index (χ0n) is 16.2. The lowest BCUT2D eigenvalue weighted by Gasteiger charge is -2.13. The molecule has 0 fully saturated rings. The number of halogens is 1. The van der Waals surface area contributed by atoms with Crippen LogP contribution >= 0.6 is 0 Å². The van der Waals surface area contributed by atoms with Gasteiger partial charge in [-0.2, -0.15) is 0 Å². The number of nitrogens with one attached hydrogen (secondary N) is 1. The Kier molecular flexibility index (Phi) is 4.95. The van der Waals surface area contributed by atoms with E-state index in [2.05, 4.69) is 20.3 Å². The van der Waals surface area contributed by atoms with Crippen LogP contribution in [0.15, 0.2) is 54.9 Å². The lowest BCUT2D eigenvalue weighted by Crippen LogP contribution is -1.99. The van der Waals surface area contributed by atoms with E-state index in [9.17, 15) is 4.39 Å². The third-order valence-corrected chi connectivity index (χ3v) is 4.59. The summed E-state index contributed by atoms with van der Waals surface area (Å²) in [7, 11) is 3.18. The average Bonchev–Trinajstić information content (AvgIpc) is 2.73. The summed E-state index contributed by atoms with van der Waals surface area (Å²) in [6, 6.07) is 11.9. The molecule has 1 N–H and O–H groups in total. The minimum Gasteiger partial charge on any atom is -0.493 e. The highest BCUT2D eigenvalue weighted by molar-refractivity contribution is 5.94. The highest BCUT2D eigenvalue weighted by Crippen LogP contribution is 2.35. The van der Waals surface area contributed by atoms with Gasteiger partial charge < -0.3 is 14.8 Å². The number of ether oxygens (including phenoxy) is 2. The molecule has 0 amide bonds. The molecule has 0 saturated carbocycles. The van der Waals surface area contributed by atoms with Gasteiger partial charge in [-0.3, -0.25) is 4.98 Å². The SMILES string of the molecule is COc1cc2nccc(Nc3ccnc(-c4ccc(F)cc4C)n3)c2cc1OC. The van der Waals surface area contributed by atoms with E-state index in [-0.39, 0.29) is 5.82 Å². The summed E-state index contributed by atoms with van der Waals surface area (Å²) in [6.07, 6.45) is 3.38. The molecule has 0 atom stereocenters. The number of anilines is 2. The molecule has 0 aliphatic heterocycles. The summed E-state index contributed by atoms with van der Waals surface area (Å²) in [5.41, 5.74) is 3.13. The fraction of sp³-hybridized carbons (Fsp3) is 0.136. The Morgan fingerprint density at radius 2 is 1.66 bits per heavy atom. The fourth-order valence-corrected chi connectivity index (χ4v) is 3.16. The van der Waals surface area contributed by atoms with Crippen molar-refractivity contribution in [3.63, 3.8) is 0 Å². The second-order valence-corrected chi connectivity index (χ2v) is 6.43. The number of nitrogens with zero attached hydrogens (tertiary/aromatic N) is 3. The first kappa shape index (κ1) is 18.6. The normalized spacial score (nSPS) is 10.8. The van der Waals surface area contributed by atoms with Gasteiger partial charge in [-0.15, -0.1) is 0 Å². The van der Waals surface area contributed by atoms with Gasteiger partial charge in [0.05, 0.1) is 25.4 Å². The van der Waals surface area contributed by atoms with E-state index in [0.29, 0.717) is 23.1 Å². The maximum Gasteiger partial charge on any atom is 0.162 e. The van der Waals surface area contributed by atoms with Crippen molar-refractivity contribution in [3.05, 3.63) is 66.2 Å². The predicted molar refractivity (Wildman–Crippen MR) is 110 cm³/mol. The third kappa shape index (κ3) is 3.67.